The normalized spacial score (nSPS) is 47.7. The van der Waals surface area contributed by atoms with Crippen molar-refractivity contribution in [2.45, 2.75) is 111 Å². The lowest BCUT2D eigenvalue weighted by atomic mass is 9.43. The van der Waals surface area contributed by atoms with Gasteiger partial charge in [-0.3, -0.25) is 4.79 Å². The standard InChI is InChI=1S/C30H48O4/c1-19(2)20(3)8-9-21(4)24-10-11-25-27(24,6)14-13-26-28(7)15-12-23(34-22(5)31)18-29(28,32)16-17-30(25,26)33/h8-9,16-17,19-21,23-26,32-33H,10-15,18H2,1-7H3/b9-8+/t20-,21+,23+,24?,25?,26?,27?,28?,29+,30-/m0/s1. The molecule has 192 valence electrons. The zero-order valence-corrected chi connectivity index (χ0v) is 22.5. The Balaban J connectivity index is 1.60. The van der Waals surface area contributed by atoms with Crippen LogP contribution in [0.5, 0.6) is 0 Å². The molecule has 4 aliphatic rings. The van der Waals surface area contributed by atoms with Gasteiger partial charge in [-0.15, -0.1) is 0 Å². The van der Waals surface area contributed by atoms with Crippen LogP contribution in [0.2, 0.25) is 0 Å². The first-order valence-corrected chi connectivity index (χ1v) is 13.8. The van der Waals surface area contributed by atoms with Gasteiger partial charge in [-0.1, -0.05) is 65.8 Å². The van der Waals surface area contributed by atoms with Gasteiger partial charge in [0, 0.05) is 24.7 Å². The summed E-state index contributed by atoms with van der Waals surface area (Å²) in [6, 6.07) is 0. The third kappa shape index (κ3) is 3.92. The maximum Gasteiger partial charge on any atom is 0.302 e. The second kappa shape index (κ2) is 8.76. The van der Waals surface area contributed by atoms with Gasteiger partial charge in [0.1, 0.15) is 6.10 Å². The van der Waals surface area contributed by atoms with E-state index >= 15 is 0 Å². The molecule has 3 fully saturated rings. The second-order valence-electron chi connectivity index (χ2n) is 13.2. The van der Waals surface area contributed by atoms with Crippen LogP contribution in [0.1, 0.15) is 93.4 Å². The van der Waals surface area contributed by atoms with E-state index in [9.17, 15) is 15.0 Å². The van der Waals surface area contributed by atoms with Crippen LogP contribution in [0.25, 0.3) is 0 Å². The van der Waals surface area contributed by atoms with E-state index in [0.717, 1.165) is 38.5 Å². The molecule has 10 atom stereocenters. The third-order valence-corrected chi connectivity index (χ3v) is 11.1. The minimum Gasteiger partial charge on any atom is -0.462 e. The second-order valence-corrected chi connectivity index (χ2v) is 13.2. The molecule has 0 bridgehead atoms. The molecule has 3 saturated carbocycles. The number of carbonyl (C=O) groups is 1. The number of esters is 1. The zero-order valence-electron chi connectivity index (χ0n) is 22.5. The Morgan fingerprint density at radius 1 is 0.971 bits per heavy atom. The van der Waals surface area contributed by atoms with Gasteiger partial charge in [-0.2, -0.15) is 0 Å². The average molecular weight is 473 g/mol. The van der Waals surface area contributed by atoms with Crippen molar-refractivity contribution in [2.24, 2.45) is 46.3 Å². The van der Waals surface area contributed by atoms with E-state index in [1.807, 2.05) is 12.2 Å². The van der Waals surface area contributed by atoms with Gasteiger partial charge in [0.15, 0.2) is 0 Å². The van der Waals surface area contributed by atoms with Crippen LogP contribution >= 0.6 is 0 Å². The molecule has 34 heavy (non-hydrogen) atoms. The molecule has 4 heteroatoms. The first-order valence-electron chi connectivity index (χ1n) is 13.8. The van der Waals surface area contributed by atoms with Crippen LogP contribution < -0.4 is 0 Å². The molecule has 0 spiro atoms. The first-order chi connectivity index (χ1) is 15.8. The van der Waals surface area contributed by atoms with Gasteiger partial charge in [0.25, 0.3) is 0 Å². The highest BCUT2D eigenvalue weighted by Gasteiger charge is 2.68. The summed E-state index contributed by atoms with van der Waals surface area (Å²) in [5.41, 5.74) is -2.24. The fraction of sp³-hybridized carbons (Fsp3) is 0.833. The highest BCUT2D eigenvalue weighted by molar-refractivity contribution is 5.66. The van der Waals surface area contributed by atoms with Crippen LogP contribution in [0.4, 0.5) is 0 Å². The Morgan fingerprint density at radius 3 is 2.32 bits per heavy atom. The van der Waals surface area contributed by atoms with Crippen molar-refractivity contribution in [1.82, 2.24) is 0 Å². The predicted octanol–water partition coefficient (Wildman–Crippen LogP) is 6.07. The Labute approximate surface area is 207 Å². The fourth-order valence-corrected chi connectivity index (χ4v) is 8.64. The molecule has 5 unspecified atom stereocenters. The summed E-state index contributed by atoms with van der Waals surface area (Å²) in [6.45, 7) is 15.3. The SMILES string of the molecule is CC(=O)O[C@@H]1CCC2(C)C3CCC4(C)C([C@H](C)/C=C/[C@H](C)C(C)C)CCC4[C@@]3(O)C=C[C@@]2(O)C1. The summed E-state index contributed by atoms with van der Waals surface area (Å²) in [6.07, 6.45) is 14.6. The molecule has 4 rings (SSSR count). The van der Waals surface area contributed by atoms with E-state index in [1.165, 1.54) is 6.92 Å². The number of hydrogen-bond acceptors (Lipinski definition) is 4. The molecule has 0 aromatic heterocycles. The topological polar surface area (TPSA) is 66.8 Å². The smallest absolute Gasteiger partial charge is 0.302 e. The molecule has 0 aromatic rings. The lowest BCUT2D eigenvalue weighted by Gasteiger charge is -2.64. The highest BCUT2D eigenvalue weighted by atomic mass is 16.5. The molecule has 4 aliphatic carbocycles. The minimum absolute atomic E-state index is 0.0249. The molecular formula is C30H48O4. The third-order valence-electron chi connectivity index (χ3n) is 11.1. The Kier molecular flexibility index (Phi) is 6.69. The number of aliphatic hydroxyl groups is 2. The summed E-state index contributed by atoms with van der Waals surface area (Å²) in [4.78, 5) is 11.5. The van der Waals surface area contributed by atoms with Gasteiger partial charge in [0.05, 0.1) is 11.2 Å². The Hall–Kier alpha value is -1.13. The van der Waals surface area contributed by atoms with Gasteiger partial charge in [0.2, 0.25) is 0 Å². The average Bonchev–Trinajstić information content (AvgIpc) is 3.11. The Bertz CT molecular complexity index is 847. The van der Waals surface area contributed by atoms with E-state index in [4.69, 9.17) is 4.74 Å². The van der Waals surface area contributed by atoms with Crippen LogP contribution in [0.3, 0.4) is 0 Å². The molecule has 4 nitrogen and oxygen atoms in total. The number of allylic oxidation sites excluding steroid dienone is 2. The molecule has 0 saturated heterocycles. The van der Waals surface area contributed by atoms with Crippen LogP contribution in [0, 0.1) is 46.3 Å². The van der Waals surface area contributed by atoms with Gasteiger partial charge in [-0.25, -0.2) is 0 Å². The fourth-order valence-electron chi connectivity index (χ4n) is 8.64. The monoisotopic (exact) mass is 472 g/mol. The summed E-state index contributed by atoms with van der Waals surface area (Å²) >= 11 is 0. The molecule has 2 N–H and O–H groups in total. The molecule has 0 aliphatic heterocycles. The molecular weight excluding hydrogens is 424 g/mol. The minimum atomic E-state index is -1.04. The maximum absolute atomic E-state index is 12.3. The lowest BCUT2D eigenvalue weighted by molar-refractivity contribution is -0.223. The van der Waals surface area contributed by atoms with Gasteiger partial charge >= 0.3 is 5.97 Å². The van der Waals surface area contributed by atoms with E-state index in [1.54, 1.807) is 0 Å². The van der Waals surface area contributed by atoms with E-state index < -0.39 is 16.6 Å². The molecule has 0 aromatic carbocycles. The highest BCUT2D eigenvalue weighted by Crippen LogP contribution is 2.69. The van der Waals surface area contributed by atoms with Crippen molar-refractivity contribution in [2.75, 3.05) is 0 Å². The van der Waals surface area contributed by atoms with Crippen LogP contribution in [0.15, 0.2) is 24.3 Å². The number of ether oxygens (including phenoxy) is 1. The maximum atomic E-state index is 12.3. The molecule has 0 heterocycles. The quantitative estimate of drug-likeness (QED) is 0.377. The van der Waals surface area contributed by atoms with Crippen molar-refractivity contribution in [3.8, 4) is 0 Å². The Morgan fingerprint density at radius 2 is 1.68 bits per heavy atom. The summed E-state index contributed by atoms with van der Waals surface area (Å²) in [5, 5.41) is 24.1. The summed E-state index contributed by atoms with van der Waals surface area (Å²) < 4.78 is 5.49. The number of rotatable bonds is 5. The van der Waals surface area contributed by atoms with Crippen LogP contribution in [-0.4, -0.2) is 33.5 Å². The molecule has 0 amide bonds. The van der Waals surface area contributed by atoms with Crippen molar-refractivity contribution in [3.05, 3.63) is 24.3 Å². The lowest BCUT2D eigenvalue weighted by Crippen LogP contribution is -2.67. The number of carbonyl (C=O) groups excluding carboxylic acids is 1. The summed E-state index contributed by atoms with van der Waals surface area (Å²) in [5.74, 6) is 2.24. The van der Waals surface area contributed by atoms with Crippen molar-refractivity contribution < 1.29 is 19.7 Å². The van der Waals surface area contributed by atoms with E-state index in [2.05, 4.69) is 53.7 Å². The van der Waals surface area contributed by atoms with E-state index in [-0.39, 0.29) is 29.3 Å². The van der Waals surface area contributed by atoms with Gasteiger partial charge in [-0.05, 0) is 73.5 Å². The predicted molar refractivity (Wildman–Crippen MR) is 136 cm³/mol. The van der Waals surface area contributed by atoms with Crippen molar-refractivity contribution in [3.63, 3.8) is 0 Å². The largest absolute Gasteiger partial charge is 0.462 e. The number of hydrogen-bond donors (Lipinski definition) is 2. The van der Waals surface area contributed by atoms with E-state index in [0.29, 0.717) is 30.1 Å². The van der Waals surface area contributed by atoms with Crippen molar-refractivity contribution >= 4 is 5.97 Å². The first kappa shape index (κ1) is 25.9. The van der Waals surface area contributed by atoms with Crippen LogP contribution in [-0.2, 0) is 9.53 Å². The number of fused-ring (bicyclic) bond motifs is 5. The van der Waals surface area contributed by atoms with Crippen molar-refractivity contribution in [1.29, 1.82) is 0 Å². The summed E-state index contributed by atoms with van der Waals surface area (Å²) in [7, 11) is 0. The van der Waals surface area contributed by atoms with Gasteiger partial charge < -0.3 is 14.9 Å². The molecule has 0 radical (unpaired) electrons. The zero-order chi connectivity index (χ0) is 25.1.